The molecular formula is C29H22BrN3O4S. The minimum atomic E-state index is -4.16. The van der Waals surface area contributed by atoms with Crippen LogP contribution < -0.4 is 0 Å². The van der Waals surface area contributed by atoms with Gasteiger partial charge < -0.3 is 0 Å². The van der Waals surface area contributed by atoms with Gasteiger partial charge in [0.25, 0.3) is 15.7 Å². The zero-order valence-corrected chi connectivity index (χ0v) is 22.6. The zero-order chi connectivity index (χ0) is 27.1. The van der Waals surface area contributed by atoms with E-state index < -0.39 is 21.0 Å². The summed E-state index contributed by atoms with van der Waals surface area (Å²) in [6.07, 6.45) is 1.35. The number of benzene rings is 4. The van der Waals surface area contributed by atoms with Gasteiger partial charge in [0.15, 0.2) is 0 Å². The van der Waals surface area contributed by atoms with Crippen LogP contribution in [0.1, 0.15) is 28.3 Å². The van der Waals surface area contributed by atoms with Crippen LogP contribution >= 0.6 is 15.9 Å². The first kappa shape index (κ1) is 26.8. The number of sulfonamides is 1. The minimum Gasteiger partial charge on any atom is -0.258 e. The fourth-order valence-electron chi connectivity index (χ4n) is 3.48. The van der Waals surface area contributed by atoms with Crippen molar-refractivity contribution in [2.24, 2.45) is 5.10 Å². The lowest BCUT2D eigenvalue weighted by Crippen LogP contribution is -2.30. The maximum Gasteiger partial charge on any atom is 0.280 e. The fourth-order valence-corrected chi connectivity index (χ4v) is 5.06. The van der Waals surface area contributed by atoms with Crippen LogP contribution in [0.5, 0.6) is 0 Å². The Kier molecular flexibility index (Phi) is 8.36. The Bertz CT molecular complexity index is 1610. The van der Waals surface area contributed by atoms with Gasteiger partial charge in [0, 0.05) is 22.2 Å². The Morgan fingerprint density at radius 3 is 2.16 bits per heavy atom. The van der Waals surface area contributed by atoms with Crippen molar-refractivity contribution in [3.05, 3.63) is 140 Å². The van der Waals surface area contributed by atoms with E-state index in [-0.39, 0.29) is 10.6 Å². The summed E-state index contributed by atoms with van der Waals surface area (Å²) < 4.78 is 29.7. The molecule has 0 aliphatic heterocycles. The van der Waals surface area contributed by atoms with Gasteiger partial charge in [-0.1, -0.05) is 75.8 Å². The molecule has 0 fully saturated rings. The van der Waals surface area contributed by atoms with Crippen LogP contribution in [0.4, 0.5) is 5.69 Å². The second kappa shape index (κ2) is 11.9. The van der Waals surface area contributed by atoms with Crippen LogP contribution in [0.25, 0.3) is 0 Å². The molecule has 4 aromatic rings. The number of nitro benzene ring substituents is 1. The van der Waals surface area contributed by atoms with Gasteiger partial charge in [-0.2, -0.15) is 17.9 Å². The van der Waals surface area contributed by atoms with E-state index in [1.807, 2.05) is 49.4 Å². The number of nitrogens with zero attached hydrogens (tertiary/aromatic N) is 3. The van der Waals surface area contributed by atoms with E-state index in [4.69, 9.17) is 0 Å². The molecule has 0 amide bonds. The molecule has 190 valence electrons. The Hall–Kier alpha value is -4.26. The van der Waals surface area contributed by atoms with E-state index in [9.17, 15) is 18.5 Å². The summed E-state index contributed by atoms with van der Waals surface area (Å²) in [6.45, 7) is 1.87. The van der Waals surface area contributed by atoms with Crippen molar-refractivity contribution in [3.8, 4) is 11.8 Å². The van der Waals surface area contributed by atoms with Gasteiger partial charge in [0.05, 0.1) is 16.0 Å². The predicted molar refractivity (Wildman–Crippen MR) is 151 cm³/mol. The van der Waals surface area contributed by atoms with E-state index in [0.717, 1.165) is 20.0 Å². The SMILES string of the molecule is Cc1ccc(S(=O)(=O)N(/N=C/c2ccc([N+](=O)[O-])cc2)C(C#Cc2ccccc2)c2ccc(Br)cc2)cc1. The minimum absolute atomic E-state index is 0.0626. The molecule has 9 heteroatoms. The molecule has 1 unspecified atom stereocenters. The lowest BCUT2D eigenvalue weighted by atomic mass is 10.1. The Morgan fingerprint density at radius 2 is 1.55 bits per heavy atom. The third kappa shape index (κ3) is 6.54. The van der Waals surface area contributed by atoms with E-state index in [1.54, 1.807) is 24.3 Å². The summed E-state index contributed by atoms with van der Waals surface area (Å²) in [7, 11) is -4.16. The highest BCUT2D eigenvalue weighted by Crippen LogP contribution is 2.29. The molecule has 0 spiro atoms. The van der Waals surface area contributed by atoms with Crippen LogP contribution in [0.15, 0.2) is 118 Å². The van der Waals surface area contributed by atoms with Gasteiger partial charge in [0.1, 0.15) is 6.04 Å². The number of halogens is 1. The Morgan fingerprint density at radius 1 is 0.921 bits per heavy atom. The molecule has 1 atom stereocenters. The van der Waals surface area contributed by atoms with Crippen molar-refractivity contribution in [1.82, 2.24) is 4.41 Å². The summed E-state index contributed by atoms with van der Waals surface area (Å²) >= 11 is 3.42. The van der Waals surface area contributed by atoms with Crippen LogP contribution in [0.3, 0.4) is 0 Å². The smallest absolute Gasteiger partial charge is 0.258 e. The highest BCUT2D eigenvalue weighted by molar-refractivity contribution is 9.10. The number of hydrogen-bond donors (Lipinski definition) is 0. The summed E-state index contributed by atoms with van der Waals surface area (Å²) in [5.41, 5.74) is 2.67. The molecule has 0 saturated carbocycles. The highest BCUT2D eigenvalue weighted by atomic mass is 79.9. The number of aryl methyl sites for hydroxylation is 1. The van der Waals surface area contributed by atoms with Gasteiger partial charge >= 0.3 is 0 Å². The fraction of sp³-hybridized carbons (Fsp3) is 0.0690. The molecule has 4 aromatic carbocycles. The highest BCUT2D eigenvalue weighted by Gasteiger charge is 2.31. The van der Waals surface area contributed by atoms with Crippen molar-refractivity contribution < 1.29 is 13.3 Å². The summed E-state index contributed by atoms with van der Waals surface area (Å²) in [5.74, 6) is 6.17. The molecular weight excluding hydrogens is 566 g/mol. The maximum absolute atomic E-state index is 13.9. The second-order valence-electron chi connectivity index (χ2n) is 8.27. The third-order valence-corrected chi connectivity index (χ3v) is 7.72. The van der Waals surface area contributed by atoms with Crippen LogP contribution in [-0.4, -0.2) is 24.0 Å². The third-order valence-electron chi connectivity index (χ3n) is 5.52. The van der Waals surface area contributed by atoms with Crippen LogP contribution in [-0.2, 0) is 10.0 Å². The monoisotopic (exact) mass is 587 g/mol. The maximum atomic E-state index is 13.9. The zero-order valence-electron chi connectivity index (χ0n) is 20.2. The number of nitro groups is 1. The molecule has 0 saturated heterocycles. The van der Waals surface area contributed by atoms with Crippen LogP contribution in [0.2, 0.25) is 0 Å². The van der Waals surface area contributed by atoms with Crippen molar-refractivity contribution in [1.29, 1.82) is 0 Å². The van der Waals surface area contributed by atoms with Gasteiger partial charge in [-0.15, -0.1) is 0 Å². The summed E-state index contributed by atoms with van der Waals surface area (Å²) in [4.78, 5) is 10.6. The van der Waals surface area contributed by atoms with Gasteiger partial charge in [0.2, 0.25) is 0 Å². The molecule has 0 N–H and O–H groups in total. The number of rotatable bonds is 7. The summed E-state index contributed by atoms with van der Waals surface area (Å²) in [5, 5.41) is 15.4. The summed E-state index contributed by atoms with van der Waals surface area (Å²) in [6, 6.07) is 27.6. The number of hydrogen-bond acceptors (Lipinski definition) is 5. The molecule has 0 aliphatic carbocycles. The van der Waals surface area contributed by atoms with E-state index in [1.165, 1.54) is 42.6 Å². The quantitative estimate of drug-likeness (QED) is 0.107. The van der Waals surface area contributed by atoms with E-state index in [0.29, 0.717) is 11.1 Å². The topological polar surface area (TPSA) is 92.9 Å². The normalized spacial score (nSPS) is 11.9. The van der Waals surface area contributed by atoms with Crippen LogP contribution in [0, 0.1) is 28.9 Å². The Labute approximate surface area is 229 Å². The van der Waals surface area contributed by atoms with Crippen molar-refractivity contribution in [3.63, 3.8) is 0 Å². The average Bonchev–Trinajstić information content (AvgIpc) is 2.92. The first-order valence-electron chi connectivity index (χ1n) is 11.5. The number of hydrazone groups is 1. The van der Waals surface area contributed by atoms with Crippen molar-refractivity contribution >= 4 is 37.9 Å². The number of non-ortho nitro benzene ring substituents is 1. The molecule has 38 heavy (non-hydrogen) atoms. The first-order chi connectivity index (χ1) is 18.2. The molecule has 4 rings (SSSR count). The first-order valence-corrected chi connectivity index (χ1v) is 13.7. The standard InChI is InChI=1S/C29H22BrN3O4S/c1-22-7-18-28(19-8-22)38(36,37)32(31-21-24-9-16-27(17-10-24)33(34)35)29(25-12-14-26(30)15-13-25)20-11-23-5-3-2-4-6-23/h2-10,12-19,21,29H,1H3/b31-21+. The second-order valence-corrected chi connectivity index (χ2v) is 11.0. The van der Waals surface area contributed by atoms with Gasteiger partial charge in [-0.05, 0) is 66.6 Å². The largest absolute Gasteiger partial charge is 0.280 e. The van der Waals surface area contributed by atoms with E-state index >= 15 is 0 Å². The van der Waals surface area contributed by atoms with Gasteiger partial charge in [-0.3, -0.25) is 10.1 Å². The Balaban J connectivity index is 1.86. The molecule has 0 aliphatic rings. The van der Waals surface area contributed by atoms with Crippen molar-refractivity contribution in [2.75, 3.05) is 0 Å². The lowest BCUT2D eigenvalue weighted by molar-refractivity contribution is -0.384. The molecule has 0 bridgehead atoms. The molecule has 0 aromatic heterocycles. The predicted octanol–water partition coefficient (Wildman–Crippen LogP) is 6.48. The lowest BCUT2D eigenvalue weighted by Gasteiger charge is -2.25. The molecule has 0 heterocycles. The average molecular weight is 588 g/mol. The van der Waals surface area contributed by atoms with Crippen molar-refractivity contribution in [2.45, 2.75) is 17.9 Å². The van der Waals surface area contributed by atoms with E-state index in [2.05, 4.69) is 32.9 Å². The molecule has 0 radical (unpaired) electrons. The molecule has 7 nitrogen and oxygen atoms in total. The van der Waals surface area contributed by atoms with Gasteiger partial charge in [-0.25, -0.2) is 0 Å².